The van der Waals surface area contributed by atoms with Crippen LogP contribution in [0.15, 0.2) is 36.7 Å². The number of carbonyl (C=O) groups excluding carboxylic acids is 1. The summed E-state index contributed by atoms with van der Waals surface area (Å²) in [6.45, 7) is 0.925. The molecule has 8 nitrogen and oxygen atoms in total. The van der Waals surface area contributed by atoms with Crippen LogP contribution < -0.4 is 4.72 Å². The van der Waals surface area contributed by atoms with Crippen molar-refractivity contribution in [2.24, 2.45) is 0 Å². The number of nitrogens with zero attached hydrogens (tertiary/aromatic N) is 4. The van der Waals surface area contributed by atoms with E-state index in [9.17, 15) is 13.2 Å². The average Bonchev–Trinajstić information content (AvgIpc) is 3.05. The number of rotatable bonds is 5. The largest absolute Gasteiger partial charge is 0.304 e. The minimum Gasteiger partial charge on any atom is -0.274 e. The lowest BCUT2D eigenvalue weighted by molar-refractivity contribution is -0.119. The Kier molecular flexibility index (Phi) is 4.39. The van der Waals surface area contributed by atoms with E-state index >= 15 is 0 Å². The van der Waals surface area contributed by atoms with Gasteiger partial charge in [0.05, 0.1) is 12.7 Å². The monoisotopic (exact) mass is 335 g/mol. The minimum absolute atomic E-state index is 0.0209. The standard InChI is InChI=1S/C14H17N5O3S/c20-14(6-8-18-10-7-15-17-18)16-23(21,22)19-9-5-12-3-1-2-4-13(12)11-19/h1-4,7,10H,5-6,8-9,11H2,(H,16,20). The molecule has 0 aliphatic carbocycles. The van der Waals surface area contributed by atoms with Crippen molar-refractivity contribution in [3.63, 3.8) is 0 Å². The third-order valence-electron chi connectivity index (χ3n) is 3.72. The Hall–Kier alpha value is -2.26. The van der Waals surface area contributed by atoms with E-state index in [0.29, 0.717) is 13.0 Å². The molecule has 3 rings (SSSR count). The van der Waals surface area contributed by atoms with Crippen LogP contribution in [0.1, 0.15) is 17.5 Å². The van der Waals surface area contributed by atoms with Gasteiger partial charge in [0.25, 0.3) is 0 Å². The third-order valence-corrected chi connectivity index (χ3v) is 5.20. The minimum atomic E-state index is -3.83. The molecule has 23 heavy (non-hydrogen) atoms. The fraction of sp³-hybridized carbons (Fsp3) is 0.357. The van der Waals surface area contributed by atoms with Gasteiger partial charge in [-0.3, -0.25) is 9.48 Å². The molecule has 0 saturated heterocycles. The van der Waals surface area contributed by atoms with Crippen LogP contribution in [-0.4, -0.2) is 40.2 Å². The zero-order valence-corrected chi connectivity index (χ0v) is 13.2. The number of nitrogens with one attached hydrogen (secondary N) is 1. The molecule has 1 aromatic heterocycles. The molecule has 0 saturated carbocycles. The van der Waals surface area contributed by atoms with Gasteiger partial charge in [0.15, 0.2) is 0 Å². The first-order valence-corrected chi connectivity index (χ1v) is 8.70. The lowest BCUT2D eigenvalue weighted by Gasteiger charge is -2.27. The topological polar surface area (TPSA) is 97.2 Å². The number of hydrogen-bond acceptors (Lipinski definition) is 5. The Balaban J connectivity index is 1.60. The highest BCUT2D eigenvalue weighted by Gasteiger charge is 2.27. The molecule has 2 aromatic rings. The van der Waals surface area contributed by atoms with E-state index in [4.69, 9.17) is 0 Å². The molecule has 0 radical (unpaired) electrons. The first-order valence-electron chi connectivity index (χ1n) is 7.26. The fourth-order valence-corrected chi connectivity index (χ4v) is 3.66. The summed E-state index contributed by atoms with van der Waals surface area (Å²) in [4.78, 5) is 11.9. The maximum atomic E-state index is 12.3. The average molecular weight is 335 g/mol. The van der Waals surface area contributed by atoms with Crippen LogP contribution in [-0.2, 0) is 34.5 Å². The van der Waals surface area contributed by atoms with E-state index in [2.05, 4.69) is 15.0 Å². The van der Waals surface area contributed by atoms with Gasteiger partial charge in [-0.2, -0.15) is 12.7 Å². The summed E-state index contributed by atoms with van der Waals surface area (Å²) in [6, 6.07) is 7.72. The van der Waals surface area contributed by atoms with Crippen molar-refractivity contribution in [3.05, 3.63) is 47.8 Å². The lowest BCUT2D eigenvalue weighted by atomic mass is 10.0. The number of carbonyl (C=O) groups is 1. The molecule has 0 atom stereocenters. The van der Waals surface area contributed by atoms with E-state index in [0.717, 1.165) is 11.1 Å². The second-order valence-electron chi connectivity index (χ2n) is 5.30. The molecular formula is C14H17N5O3S. The van der Waals surface area contributed by atoms with Crippen LogP contribution in [0, 0.1) is 0 Å². The molecule has 1 amide bonds. The number of amides is 1. The summed E-state index contributed by atoms with van der Waals surface area (Å²) >= 11 is 0. The van der Waals surface area contributed by atoms with Crippen LogP contribution in [0.25, 0.3) is 0 Å². The van der Waals surface area contributed by atoms with Crippen molar-refractivity contribution in [2.75, 3.05) is 6.54 Å². The number of aromatic nitrogens is 3. The van der Waals surface area contributed by atoms with Crippen molar-refractivity contribution in [1.29, 1.82) is 0 Å². The zero-order valence-electron chi connectivity index (χ0n) is 12.4. The Labute approximate surface area is 134 Å². The molecule has 1 N–H and O–H groups in total. The van der Waals surface area contributed by atoms with Gasteiger partial charge in [-0.05, 0) is 17.5 Å². The number of benzene rings is 1. The van der Waals surface area contributed by atoms with Crippen molar-refractivity contribution < 1.29 is 13.2 Å². The summed E-state index contributed by atoms with van der Waals surface area (Å²) in [5.41, 5.74) is 2.12. The predicted molar refractivity (Wildman–Crippen MR) is 82.3 cm³/mol. The Morgan fingerprint density at radius 2 is 2.04 bits per heavy atom. The number of aryl methyl sites for hydroxylation is 1. The quantitative estimate of drug-likeness (QED) is 0.835. The van der Waals surface area contributed by atoms with Crippen molar-refractivity contribution in [3.8, 4) is 0 Å². The fourth-order valence-electron chi connectivity index (χ4n) is 2.50. The maximum absolute atomic E-state index is 12.3. The van der Waals surface area contributed by atoms with E-state index in [1.165, 1.54) is 15.2 Å². The first kappa shape index (κ1) is 15.6. The Morgan fingerprint density at radius 3 is 2.78 bits per heavy atom. The Bertz CT molecular complexity index is 789. The highest BCUT2D eigenvalue weighted by molar-refractivity contribution is 7.87. The molecule has 9 heteroatoms. The third kappa shape index (κ3) is 3.74. The van der Waals surface area contributed by atoms with E-state index in [1.807, 2.05) is 24.3 Å². The summed E-state index contributed by atoms with van der Waals surface area (Å²) in [7, 11) is -3.83. The maximum Gasteiger partial charge on any atom is 0.304 e. The van der Waals surface area contributed by atoms with Crippen LogP contribution in [0.5, 0.6) is 0 Å². The molecule has 1 aliphatic rings. The molecule has 0 unspecified atom stereocenters. The summed E-state index contributed by atoms with van der Waals surface area (Å²) in [5, 5.41) is 7.35. The van der Waals surface area contributed by atoms with Crippen molar-refractivity contribution in [1.82, 2.24) is 24.0 Å². The van der Waals surface area contributed by atoms with Crippen LogP contribution in [0.4, 0.5) is 0 Å². The summed E-state index contributed by atoms with van der Waals surface area (Å²) in [5.74, 6) is -0.556. The van der Waals surface area contributed by atoms with Gasteiger partial charge in [-0.1, -0.05) is 29.5 Å². The van der Waals surface area contributed by atoms with Crippen LogP contribution >= 0.6 is 0 Å². The van der Waals surface area contributed by atoms with Gasteiger partial charge in [0.2, 0.25) is 5.91 Å². The molecule has 122 valence electrons. The molecule has 1 aliphatic heterocycles. The molecule has 0 fully saturated rings. The van der Waals surface area contributed by atoms with Gasteiger partial charge in [-0.15, -0.1) is 5.10 Å². The predicted octanol–water partition coefficient (Wildman–Crippen LogP) is 0.0875. The Morgan fingerprint density at radius 1 is 1.26 bits per heavy atom. The van der Waals surface area contributed by atoms with E-state index < -0.39 is 16.1 Å². The molecule has 2 heterocycles. The number of hydrogen-bond donors (Lipinski definition) is 1. The van der Waals surface area contributed by atoms with Gasteiger partial charge in [0.1, 0.15) is 0 Å². The lowest BCUT2D eigenvalue weighted by Crippen LogP contribution is -2.45. The molecule has 0 spiro atoms. The normalized spacial score (nSPS) is 15.1. The molecular weight excluding hydrogens is 318 g/mol. The second kappa shape index (κ2) is 6.47. The zero-order chi connectivity index (χ0) is 16.3. The molecule has 1 aromatic carbocycles. The van der Waals surface area contributed by atoms with Crippen molar-refractivity contribution >= 4 is 16.1 Å². The second-order valence-corrected chi connectivity index (χ2v) is 6.97. The highest BCUT2D eigenvalue weighted by Crippen LogP contribution is 2.20. The van der Waals surface area contributed by atoms with Gasteiger partial charge in [-0.25, -0.2) is 4.72 Å². The smallest absolute Gasteiger partial charge is 0.274 e. The van der Waals surface area contributed by atoms with Gasteiger partial charge >= 0.3 is 10.2 Å². The molecule has 0 bridgehead atoms. The van der Waals surface area contributed by atoms with E-state index in [1.54, 1.807) is 6.20 Å². The van der Waals surface area contributed by atoms with Crippen molar-refractivity contribution in [2.45, 2.75) is 25.9 Å². The number of fused-ring (bicyclic) bond motifs is 1. The van der Waals surface area contributed by atoms with Crippen LogP contribution in [0.3, 0.4) is 0 Å². The summed E-state index contributed by atoms with van der Waals surface area (Å²) in [6.07, 6.45) is 3.78. The SMILES string of the molecule is O=C(CCn1ccnn1)NS(=O)(=O)N1CCc2ccccc2C1. The first-order chi connectivity index (χ1) is 11.0. The van der Waals surface area contributed by atoms with Gasteiger partial charge < -0.3 is 0 Å². The highest BCUT2D eigenvalue weighted by atomic mass is 32.2. The van der Waals surface area contributed by atoms with E-state index in [-0.39, 0.29) is 19.5 Å². The summed E-state index contributed by atoms with van der Waals surface area (Å²) < 4.78 is 29.5. The van der Waals surface area contributed by atoms with Crippen LogP contribution in [0.2, 0.25) is 0 Å². The van der Waals surface area contributed by atoms with Gasteiger partial charge in [0, 0.05) is 25.7 Å².